The average molecular weight is 435 g/mol. The summed E-state index contributed by atoms with van der Waals surface area (Å²) in [6, 6.07) is 3.15. The van der Waals surface area contributed by atoms with E-state index in [1.54, 1.807) is 11.5 Å². The van der Waals surface area contributed by atoms with Crippen LogP contribution in [-0.4, -0.2) is 22.9 Å². The highest BCUT2D eigenvalue weighted by Gasteiger charge is 2.33. The second kappa shape index (κ2) is 7.60. The Kier molecular flexibility index (Phi) is 4.98. The van der Waals surface area contributed by atoms with Crippen molar-refractivity contribution in [3.8, 4) is 11.4 Å². The van der Waals surface area contributed by atoms with Gasteiger partial charge in [-0.3, -0.25) is 4.79 Å². The van der Waals surface area contributed by atoms with Crippen LogP contribution in [0.15, 0.2) is 16.9 Å². The predicted octanol–water partition coefficient (Wildman–Crippen LogP) is 3.66. The van der Waals surface area contributed by atoms with Crippen LogP contribution in [0, 0.1) is 12.7 Å². The molecule has 1 aliphatic carbocycles. The van der Waals surface area contributed by atoms with Gasteiger partial charge in [0.2, 0.25) is 0 Å². The first kappa shape index (κ1) is 21.0. The number of fused-ring (bicyclic) bond motifs is 4. The molecule has 3 aromatic rings. The van der Waals surface area contributed by atoms with Crippen molar-refractivity contribution in [1.82, 2.24) is 9.55 Å². The highest BCUT2D eigenvalue weighted by Crippen LogP contribution is 2.44. The number of aldehydes is 1. The molecule has 2 aromatic heterocycles. The Labute approximate surface area is 185 Å². The molecule has 32 heavy (non-hydrogen) atoms. The molecule has 2 atom stereocenters. The van der Waals surface area contributed by atoms with Crippen molar-refractivity contribution >= 4 is 17.2 Å². The molecule has 0 radical (unpaired) electrons. The van der Waals surface area contributed by atoms with Crippen molar-refractivity contribution in [1.29, 1.82) is 0 Å². The van der Waals surface area contributed by atoms with Crippen LogP contribution in [0.25, 0.3) is 22.3 Å². The summed E-state index contributed by atoms with van der Waals surface area (Å²) in [7, 11) is 1.54. The Bertz CT molecular complexity index is 1350. The van der Waals surface area contributed by atoms with E-state index in [2.05, 4.69) is 0 Å². The van der Waals surface area contributed by atoms with Crippen LogP contribution in [0.4, 0.5) is 4.39 Å². The third-order valence-electron chi connectivity index (χ3n) is 7.11. The number of halogens is 1. The van der Waals surface area contributed by atoms with Crippen molar-refractivity contribution in [3.05, 3.63) is 61.7 Å². The van der Waals surface area contributed by atoms with Crippen LogP contribution >= 0.6 is 0 Å². The van der Waals surface area contributed by atoms with E-state index < -0.39 is 5.92 Å². The zero-order chi connectivity index (χ0) is 22.7. The number of carbonyl (C=O) groups excluding carboxylic acids is 1. The predicted molar refractivity (Wildman–Crippen MR) is 120 cm³/mol. The quantitative estimate of drug-likeness (QED) is 0.484. The zero-order valence-electron chi connectivity index (χ0n) is 18.5. The van der Waals surface area contributed by atoms with Gasteiger partial charge in [-0.2, -0.15) is 0 Å². The number of aryl methyl sites for hydroxylation is 1. The minimum absolute atomic E-state index is 0.130. The Hall–Kier alpha value is -2.90. The molecule has 0 fully saturated rings. The summed E-state index contributed by atoms with van der Waals surface area (Å²) in [5.74, 6) is -0.685. The van der Waals surface area contributed by atoms with E-state index in [1.807, 2.05) is 13.0 Å². The molecule has 2 aliphatic rings. The van der Waals surface area contributed by atoms with Gasteiger partial charge in [-0.25, -0.2) is 9.37 Å². The number of rotatable bonds is 5. The Balaban J connectivity index is 1.85. The van der Waals surface area contributed by atoms with E-state index >= 15 is 0 Å². The van der Waals surface area contributed by atoms with Crippen molar-refractivity contribution in [2.24, 2.45) is 5.73 Å². The number of carbonyl (C=O) groups is 1. The molecule has 0 amide bonds. The van der Waals surface area contributed by atoms with Gasteiger partial charge in [0, 0.05) is 41.6 Å². The standard InChI is InChI=1S/C25H26FN3O3/c1-4-13(10-30)15-7-21-24-16(9-29(21)25(31)17(15)11-32-3)22-19(27)6-5-14-12(2)18(26)8-20(28-24)23(14)22/h7-8,10,13,19H,4-6,9,11,27H2,1-3H3. The van der Waals surface area contributed by atoms with Gasteiger partial charge < -0.3 is 19.8 Å². The van der Waals surface area contributed by atoms with E-state index in [9.17, 15) is 14.0 Å². The third kappa shape index (κ3) is 2.81. The van der Waals surface area contributed by atoms with E-state index in [0.29, 0.717) is 53.0 Å². The number of pyridine rings is 2. The van der Waals surface area contributed by atoms with Crippen molar-refractivity contribution in [3.63, 3.8) is 0 Å². The van der Waals surface area contributed by atoms with Crippen molar-refractivity contribution in [2.45, 2.75) is 58.2 Å². The van der Waals surface area contributed by atoms with Gasteiger partial charge in [-0.1, -0.05) is 6.92 Å². The molecule has 0 bridgehead atoms. The van der Waals surface area contributed by atoms with E-state index in [4.69, 9.17) is 15.5 Å². The number of benzene rings is 1. The molecule has 2 N–H and O–H groups in total. The SMILES string of the molecule is CCC(C=O)c1cc2n(c(=O)c1COC)Cc1c-2nc2cc(F)c(C)c3c2c1C(N)CC3. The smallest absolute Gasteiger partial charge is 0.257 e. The Morgan fingerprint density at radius 1 is 1.38 bits per heavy atom. The monoisotopic (exact) mass is 435 g/mol. The molecule has 2 unspecified atom stereocenters. The number of nitrogens with two attached hydrogens (primary N) is 1. The molecular weight excluding hydrogens is 409 g/mol. The lowest BCUT2D eigenvalue weighted by atomic mass is 9.82. The van der Waals surface area contributed by atoms with Gasteiger partial charge in [0.05, 0.1) is 30.1 Å². The van der Waals surface area contributed by atoms with Crippen LogP contribution in [-0.2, 0) is 29.1 Å². The van der Waals surface area contributed by atoms with E-state index in [-0.39, 0.29) is 24.0 Å². The van der Waals surface area contributed by atoms with Gasteiger partial charge in [0.15, 0.2) is 0 Å². The van der Waals surface area contributed by atoms with Gasteiger partial charge in [-0.05, 0) is 54.5 Å². The van der Waals surface area contributed by atoms with Gasteiger partial charge in [0.25, 0.3) is 5.56 Å². The van der Waals surface area contributed by atoms with Crippen LogP contribution < -0.4 is 11.3 Å². The van der Waals surface area contributed by atoms with Gasteiger partial charge in [-0.15, -0.1) is 0 Å². The first-order valence-corrected chi connectivity index (χ1v) is 11.0. The molecule has 0 spiro atoms. The number of nitrogens with zero attached hydrogens (tertiary/aromatic N) is 2. The fraction of sp³-hybridized carbons (Fsp3) is 0.400. The fourth-order valence-electron chi connectivity index (χ4n) is 5.41. The van der Waals surface area contributed by atoms with E-state index in [1.165, 1.54) is 13.2 Å². The topological polar surface area (TPSA) is 87.2 Å². The lowest BCUT2D eigenvalue weighted by Crippen LogP contribution is -2.26. The molecular formula is C25H26FN3O3. The fourth-order valence-corrected chi connectivity index (χ4v) is 5.41. The first-order chi connectivity index (χ1) is 15.4. The molecule has 6 nitrogen and oxygen atoms in total. The number of aromatic nitrogens is 2. The minimum Gasteiger partial charge on any atom is -0.380 e. The number of hydrogen-bond acceptors (Lipinski definition) is 5. The van der Waals surface area contributed by atoms with Crippen molar-refractivity contribution < 1.29 is 13.9 Å². The second-order valence-corrected chi connectivity index (χ2v) is 8.79. The summed E-state index contributed by atoms with van der Waals surface area (Å²) in [6.07, 6.45) is 2.88. The lowest BCUT2D eigenvalue weighted by molar-refractivity contribution is -0.109. The van der Waals surface area contributed by atoms with Crippen LogP contribution in [0.2, 0.25) is 0 Å². The zero-order valence-corrected chi connectivity index (χ0v) is 18.5. The summed E-state index contributed by atoms with van der Waals surface area (Å²) >= 11 is 0. The summed E-state index contributed by atoms with van der Waals surface area (Å²) in [5.41, 5.74) is 12.9. The van der Waals surface area contributed by atoms with Gasteiger partial charge >= 0.3 is 0 Å². The molecule has 166 valence electrons. The summed E-state index contributed by atoms with van der Waals surface area (Å²) < 4.78 is 21.7. The maximum atomic E-state index is 14.7. The van der Waals surface area contributed by atoms with Gasteiger partial charge in [0.1, 0.15) is 12.1 Å². The largest absolute Gasteiger partial charge is 0.380 e. The Morgan fingerprint density at radius 3 is 2.84 bits per heavy atom. The molecule has 5 rings (SSSR count). The van der Waals surface area contributed by atoms with Crippen LogP contribution in [0.1, 0.15) is 65.1 Å². The molecule has 3 heterocycles. The maximum absolute atomic E-state index is 14.7. The molecule has 0 saturated heterocycles. The number of hydrogen-bond donors (Lipinski definition) is 1. The summed E-state index contributed by atoms with van der Waals surface area (Å²) in [5, 5.41) is 0.930. The first-order valence-electron chi connectivity index (χ1n) is 11.0. The van der Waals surface area contributed by atoms with E-state index in [0.717, 1.165) is 34.8 Å². The minimum atomic E-state index is -0.407. The van der Waals surface area contributed by atoms with Crippen LogP contribution in [0.3, 0.4) is 0 Å². The highest BCUT2D eigenvalue weighted by molar-refractivity contribution is 5.92. The highest BCUT2D eigenvalue weighted by atomic mass is 19.1. The van der Waals surface area contributed by atoms with Crippen LogP contribution in [0.5, 0.6) is 0 Å². The summed E-state index contributed by atoms with van der Waals surface area (Å²) in [4.78, 5) is 30.1. The van der Waals surface area contributed by atoms with Crippen molar-refractivity contribution in [2.75, 3.05) is 7.11 Å². The maximum Gasteiger partial charge on any atom is 0.257 e. The number of ether oxygens (including phenoxy) is 1. The second-order valence-electron chi connectivity index (χ2n) is 8.79. The molecule has 0 saturated carbocycles. The molecule has 1 aliphatic heterocycles. The summed E-state index contributed by atoms with van der Waals surface area (Å²) in [6.45, 7) is 4.20. The molecule has 7 heteroatoms. The number of methoxy groups -OCH3 is 1. The average Bonchev–Trinajstić information content (AvgIpc) is 3.14. The normalized spacial score (nSPS) is 17.3. The Morgan fingerprint density at radius 2 is 2.16 bits per heavy atom. The third-order valence-corrected chi connectivity index (χ3v) is 7.11. The molecule has 1 aromatic carbocycles. The lowest BCUT2D eigenvalue weighted by Gasteiger charge is -2.26.